The van der Waals surface area contributed by atoms with Gasteiger partial charge in [-0.2, -0.15) is 5.10 Å². The van der Waals surface area contributed by atoms with E-state index >= 15 is 0 Å². The Morgan fingerprint density at radius 2 is 2.18 bits per heavy atom. The second-order valence-corrected chi connectivity index (χ2v) is 4.78. The summed E-state index contributed by atoms with van der Waals surface area (Å²) in [4.78, 5) is 2.21. The molecule has 1 rings (SSSR count). The van der Waals surface area contributed by atoms with E-state index in [1.165, 1.54) is 0 Å². The lowest BCUT2D eigenvalue weighted by Gasteiger charge is -2.42. The lowest BCUT2D eigenvalue weighted by atomic mass is 9.86. The molecular formula is C12H25N5. The molecule has 1 heterocycles. The van der Waals surface area contributed by atoms with Crippen molar-refractivity contribution < 1.29 is 0 Å². The number of nitrogens with zero attached hydrogens (tertiary/aromatic N) is 3. The third kappa shape index (κ3) is 2.51. The maximum atomic E-state index is 5.77. The van der Waals surface area contributed by atoms with Crippen LogP contribution in [0.1, 0.15) is 38.9 Å². The van der Waals surface area contributed by atoms with Crippen LogP contribution in [0, 0.1) is 0 Å². The Labute approximate surface area is 104 Å². The Kier molecular flexibility index (Phi) is 4.68. The molecule has 1 aromatic heterocycles. The van der Waals surface area contributed by atoms with E-state index in [9.17, 15) is 0 Å². The standard InChI is InChI=1S/C12H25N5/c1-6-12(3,16(4)5)11(15-13)10-8-9-14-17(10)7-2/h8-9,11,15H,6-7,13H2,1-5H3. The van der Waals surface area contributed by atoms with Gasteiger partial charge in [-0.1, -0.05) is 6.92 Å². The molecule has 0 aliphatic heterocycles. The molecule has 0 fully saturated rings. The number of hydrazine groups is 1. The number of hydrogen-bond donors (Lipinski definition) is 2. The zero-order chi connectivity index (χ0) is 13.1. The fourth-order valence-electron chi connectivity index (χ4n) is 2.21. The van der Waals surface area contributed by atoms with Crippen LogP contribution in [0.4, 0.5) is 0 Å². The van der Waals surface area contributed by atoms with Crippen LogP contribution in [-0.2, 0) is 6.54 Å². The largest absolute Gasteiger partial charge is 0.302 e. The van der Waals surface area contributed by atoms with Crippen molar-refractivity contribution >= 4 is 0 Å². The topological polar surface area (TPSA) is 59.1 Å². The second kappa shape index (κ2) is 5.62. The number of hydrogen-bond acceptors (Lipinski definition) is 4. The van der Waals surface area contributed by atoms with Gasteiger partial charge in [-0.05, 0) is 40.4 Å². The summed E-state index contributed by atoms with van der Waals surface area (Å²) in [6.07, 6.45) is 2.83. The normalized spacial score (nSPS) is 17.1. The smallest absolute Gasteiger partial charge is 0.0809 e. The Morgan fingerprint density at radius 3 is 2.59 bits per heavy atom. The number of aryl methyl sites for hydroxylation is 1. The molecule has 98 valence electrons. The first-order valence-corrected chi connectivity index (χ1v) is 6.16. The van der Waals surface area contributed by atoms with Gasteiger partial charge in [0.1, 0.15) is 0 Å². The molecule has 0 bridgehead atoms. The molecule has 0 aliphatic carbocycles. The molecule has 0 saturated carbocycles. The molecule has 0 aromatic carbocycles. The molecule has 1 aromatic rings. The van der Waals surface area contributed by atoms with E-state index in [0.29, 0.717) is 0 Å². The Bertz CT molecular complexity index is 346. The molecule has 2 atom stereocenters. The fourth-order valence-corrected chi connectivity index (χ4v) is 2.21. The van der Waals surface area contributed by atoms with Crippen molar-refractivity contribution in [3.05, 3.63) is 18.0 Å². The van der Waals surface area contributed by atoms with Crippen LogP contribution < -0.4 is 11.3 Å². The summed E-state index contributed by atoms with van der Waals surface area (Å²) in [5, 5.41) is 4.31. The van der Waals surface area contributed by atoms with Crippen molar-refractivity contribution in [1.82, 2.24) is 20.1 Å². The Balaban J connectivity index is 3.14. The highest BCUT2D eigenvalue weighted by atomic mass is 15.3. The first kappa shape index (κ1) is 14.2. The van der Waals surface area contributed by atoms with Gasteiger partial charge in [-0.15, -0.1) is 0 Å². The average Bonchev–Trinajstić information content (AvgIpc) is 2.77. The predicted octanol–water partition coefficient (Wildman–Crippen LogP) is 1.14. The van der Waals surface area contributed by atoms with Crippen molar-refractivity contribution in [2.45, 2.75) is 45.3 Å². The van der Waals surface area contributed by atoms with Crippen LogP contribution in [0.2, 0.25) is 0 Å². The summed E-state index contributed by atoms with van der Waals surface area (Å²) in [7, 11) is 4.17. The summed E-state index contributed by atoms with van der Waals surface area (Å²) < 4.78 is 1.99. The van der Waals surface area contributed by atoms with Crippen LogP contribution in [0.15, 0.2) is 12.3 Å². The van der Waals surface area contributed by atoms with E-state index in [2.05, 4.69) is 50.3 Å². The second-order valence-electron chi connectivity index (χ2n) is 4.78. The maximum absolute atomic E-state index is 5.77. The Morgan fingerprint density at radius 1 is 1.53 bits per heavy atom. The third-order valence-electron chi connectivity index (χ3n) is 3.87. The zero-order valence-corrected chi connectivity index (χ0v) is 11.6. The van der Waals surface area contributed by atoms with Gasteiger partial charge in [0, 0.05) is 18.3 Å². The van der Waals surface area contributed by atoms with E-state index in [4.69, 9.17) is 5.84 Å². The van der Waals surface area contributed by atoms with Gasteiger partial charge in [0.15, 0.2) is 0 Å². The summed E-state index contributed by atoms with van der Waals surface area (Å²) >= 11 is 0. The fraction of sp³-hybridized carbons (Fsp3) is 0.750. The zero-order valence-electron chi connectivity index (χ0n) is 11.6. The summed E-state index contributed by atoms with van der Waals surface area (Å²) in [5.74, 6) is 5.77. The van der Waals surface area contributed by atoms with E-state index < -0.39 is 0 Å². The van der Waals surface area contributed by atoms with Gasteiger partial charge in [0.25, 0.3) is 0 Å². The summed E-state index contributed by atoms with van der Waals surface area (Å²) in [5.41, 5.74) is 4.04. The van der Waals surface area contributed by atoms with Crippen molar-refractivity contribution in [1.29, 1.82) is 0 Å². The molecule has 5 heteroatoms. The average molecular weight is 239 g/mol. The van der Waals surface area contributed by atoms with Gasteiger partial charge in [-0.3, -0.25) is 10.5 Å². The van der Waals surface area contributed by atoms with E-state index in [-0.39, 0.29) is 11.6 Å². The highest BCUT2D eigenvalue weighted by Gasteiger charge is 2.36. The van der Waals surface area contributed by atoms with Crippen LogP contribution in [0.5, 0.6) is 0 Å². The van der Waals surface area contributed by atoms with Gasteiger partial charge in [-0.25, -0.2) is 5.43 Å². The number of rotatable bonds is 6. The predicted molar refractivity (Wildman–Crippen MR) is 70.3 cm³/mol. The maximum Gasteiger partial charge on any atom is 0.0809 e. The van der Waals surface area contributed by atoms with E-state index in [1.807, 2.05) is 16.9 Å². The molecule has 0 radical (unpaired) electrons. The lowest BCUT2D eigenvalue weighted by Crippen LogP contribution is -2.53. The monoisotopic (exact) mass is 239 g/mol. The van der Waals surface area contributed by atoms with Gasteiger partial charge in [0.05, 0.1) is 11.7 Å². The van der Waals surface area contributed by atoms with Crippen LogP contribution >= 0.6 is 0 Å². The van der Waals surface area contributed by atoms with Crippen molar-refractivity contribution in [3.8, 4) is 0 Å². The minimum absolute atomic E-state index is 0.0400. The SMILES string of the molecule is CCn1nccc1C(NN)C(C)(CC)N(C)C. The minimum atomic E-state index is -0.0400. The molecule has 2 unspecified atom stereocenters. The first-order valence-electron chi connectivity index (χ1n) is 6.16. The number of nitrogens with one attached hydrogen (secondary N) is 1. The van der Waals surface area contributed by atoms with Crippen molar-refractivity contribution in [3.63, 3.8) is 0 Å². The quantitative estimate of drug-likeness (QED) is 0.577. The number of nitrogens with two attached hydrogens (primary N) is 1. The van der Waals surface area contributed by atoms with Gasteiger partial charge < -0.3 is 4.90 Å². The molecule has 17 heavy (non-hydrogen) atoms. The Hall–Kier alpha value is -0.910. The van der Waals surface area contributed by atoms with Gasteiger partial charge in [0.2, 0.25) is 0 Å². The van der Waals surface area contributed by atoms with Crippen LogP contribution in [0.25, 0.3) is 0 Å². The van der Waals surface area contributed by atoms with Crippen molar-refractivity contribution in [2.24, 2.45) is 5.84 Å². The summed E-state index contributed by atoms with van der Waals surface area (Å²) in [6.45, 7) is 7.33. The lowest BCUT2D eigenvalue weighted by molar-refractivity contribution is 0.108. The molecule has 3 N–H and O–H groups in total. The van der Waals surface area contributed by atoms with Crippen molar-refractivity contribution in [2.75, 3.05) is 14.1 Å². The third-order valence-corrected chi connectivity index (χ3v) is 3.87. The van der Waals surface area contributed by atoms with Crippen LogP contribution in [-0.4, -0.2) is 34.3 Å². The highest BCUT2D eigenvalue weighted by molar-refractivity contribution is 5.14. The molecule has 5 nitrogen and oxygen atoms in total. The highest BCUT2D eigenvalue weighted by Crippen LogP contribution is 2.31. The molecule has 0 spiro atoms. The number of aromatic nitrogens is 2. The van der Waals surface area contributed by atoms with Gasteiger partial charge >= 0.3 is 0 Å². The minimum Gasteiger partial charge on any atom is -0.302 e. The number of likely N-dealkylation sites (N-methyl/N-ethyl adjacent to an activating group) is 1. The van der Waals surface area contributed by atoms with Crippen LogP contribution in [0.3, 0.4) is 0 Å². The molecule has 0 aliphatic rings. The summed E-state index contributed by atoms with van der Waals surface area (Å²) in [6, 6.07) is 2.09. The first-order chi connectivity index (χ1) is 8.01. The van der Waals surface area contributed by atoms with E-state index in [0.717, 1.165) is 18.7 Å². The van der Waals surface area contributed by atoms with E-state index in [1.54, 1.807) is 0 Å². The molecule has 0 saturated heterocycles. The molecular weight excluding hydrogens is 214 g/mol. The molecule has 0 amide bonds.